The largest absolute Gasteiger partial charge is 0.463 e. The van der Waals surface area contributed by atoms with E-state index in [1.165, 1.54) is 0 Å². The van der Waals surface area contributed by atoms with Gasteiger partial charge in [0.15, 0.2) is 0 Å². The van der Waals surface area contributed by atoms with E-state index in [2.05, 4.69) is 0 Å². The third-order valence-corrected chi connectivity index (χ3v) is 2.90. The quantitative estimate of drug-likeness (QED) is 0.417. The number of ether oxygens (including phenoxy) is 2. The lowest BCUT2D eigenvalue weighted by atomic mass is 10.1. The predicted octanol–water partition coefficient (Wildman–Crippen LogP) is 3.58. The molecule has 1 unspecified atom stereocenters. The van der Waals surface area contributed by atoms with Crippen LogP contribution >= 0.6 is 0 Å². The summed E-state index contributed by atoms with van der Waals surface area (Å²) >= 11 is 0. The Hall–Kier alpha value is -2.10. The molecule has 0 spiro atoms. The molecular weight excluding hydrogens is 268 g/mol. The number of carbonyl (C=O) groups excluding carboxylic acids is 2. The van der Waals surface area contributed by atoms with Crippen LogP contribution in [0.4, 0.5) is 0 Å². The van der Waals surface area contributed by atoms with Crippen LogP contribution in [0.5, 0.6) is 0 Å². The Morgan fingerprint density at radius 1 is 1.10 bits per heavy atom. The normalized spacial score (nSPS) is 12.1. The van der Waals surface area contributed by atoms with E-state index in [0.717, 1.165) is 30.6 Å². The zero-order valence-corrected chi connectivity index (χ0v) is 12.6. The Labute approximate surface area is 125 Å². The lowest BCUT2D eigenvalue weighted by Crippen LogP contribution is -2.09. The molecule has 114 valence electrons. The van der Waals surface area contributed by atoms with Gasteiger partial charge in [-0.1, -0.05) is 50.6 Å². The number of hydrogen-bond donors (Lipinski definition) is 0. The van der Waals surface area contributed by atoms with E-state index in [0.29, 0.717) is 13.0 Å². The first-order valence-electron chi connectivity index (χ1n) is 7.27. The van der Waals surface area contributed by atoms with Crippen LogP contribution in [0.25, 0.3) is 0 Å². The summed E-state index contributed by atoms with van der Waals surface area (Å²) < 4.78 is 10.2. The lowest BCUT2D eigenvalue weighted by molar-refractivity contribution is -0.144. The van der Waals surface area contributed by atoms with E-state index in [4.69, 9.17) is 9.47 Å². The molecule has 0 aliphatic heterocycles. The van der Waals surface area contributed by atoms with Gasteiger partial charge in [-0.3, -0.25) is 0 Å². The third kappa shape index (κ3) is 6.75. The Morgan fingerprint density at radius 2 is 1.76 bits per heavy atom. The minimum Gasteiger partial charge on any atom is -0.463 e. The Balaban J connectivity index is 2.46. The molecule has 4 heteroatoms. The van der Waals surface area contributed by atoms with E-state index in [9.17, 15) is 9.59 Å². The van der Waals surface area contributed by atoms with E-state index in [1.807, 2.05) is 44.2 Å². The summed E-state index contributed by atoms with van der Waals surface area (Å²) in [4.78, 5) is 23.0. The van der Waals surface area contributed by atoms with Crippen molar-refractivity contribution in [3.8, 4) is 0 Å². The van der Waals surface area contributed by atoms with E-state index in [-0.39, 0.29) is 6.10 Å². The second-order valence-electron chi connectivity index (χ2n) is 4.60. The van der Waals surface area contributed by atoms with Gasteiger partial charge in [0.1, 0.15) is 6.10 Å². The first-order chi connectivity index (χ1) is 10.2. The van der Waals surface area contributed by atoms with Crippen LogP contribution in [-0.2, 0) is 19.1 Å². The van der Waals surface area contributed by atoms with Crippen molar-refractivity contribution in [2.75, 3.05) is 6.61 Å². The highest BCUT2D eigenvalue weighted by Crippen LogP contribution is 2.20. The highest BCUT2D eigenvalue weighted by Gasteiger charge is 2.12. The molecule has 0 aliphatic carbocycles. The molecule has 0 N–H and O–H groups in total. The second-order valence-corrected chi connectivity index (χ2v) is 4.60. The fraction of sp³-hybridized carbons (Fsp3) is 0.412. The Morgan fingerprint density at radius 3 is 2.38 bits per heavy atom. The third-order valence-electron chi connectivity index (χ3n) is 2.90. The van der Waals surface area contributed by atoms with Gasteiger partial charge in [-0.2, -0.15) is 0 Å². The molecule has 4 nitrogen and oxygen atoms in total. The maximum Gasteiger partial charge on any atom is 0.331 e. The fourth-order valence-electron chi connectivity index (χ4n) is 1.74. The smallest absolute Gasteiger partial charge is 0.331 e. The van der Waals surface area contributed by atoms with Crippen LogP contribution < -0.4 is 0 Å². The van der Waals surface area contributed by atoms with Crippen molar-refractivity contribution in [1.29, 1.82) is 0 Å². The highest BCUT2D eigenvalue weighted by atomic mass is 16.5. The number of carbonyl (C=O) groups is 2. The van der Waals surface area contributed by atoms with Crippen LogP contribution in [-0.4, -0.2) is 18.5 Å². The molecule has 1 atom stereocenters. The summed E-state index contributed by atoms with van der Waals surface area (Å²) in [6, 6.07) is 9.51. The number of benzene rings is 1. The van der Waals surface area contributed by atoms with Gasteiger partial charge in [0.05, 0.1) is 6.61 Å². The highest BCUT2D eigenvalue weighted by molar-refractivity contribution is 5.91. The van der Waals surface area contributed by atoms with Gasteiger partial charge in [0.2, 0.25) is 0 Å². The van der Waals surface area contributed by atoms with E-state index in [1.54, 1.807) is 0 Å². The SMILES string of the molecule is CCCCOC(=O)/C=C/C(=O)OC(CC)c1ccccc1. The lowest BCUT2D eigenvalue weighted by Gasteiger charge is -2.15. The molecule has 1 aromatic carbocycles. The molecule has 0 saturated carbocycles. The van der Waals surface area contributed by atoms with E-state index < -0.39 is 11.9 Å². The first kappa shape index (κ1) is 17.0. The number of hydrogen-bond acceptors (Lipinski definition) is 4. The predicted molar refractivity (Wildman–Crippen MR) is 80.6 cm³/mol. The average Bonchev–Trinajstić information content (AvgIpc) is 2.51. The van der Waals surface area contributed by atoms with Crippen molar-refractivity contribution in [2.24, 2.45) is 0 Å². The summed E-state index contributed by atoms with van der Waals surface area (Å²) in [5.41, 5.74) is 0.937. The zero-order valence-electron chi connectivity index (χ0n) is 12.6. The summed E-state index contributed by atoms with van der Waals surface area (Å²) in [5.74, 6) is -1.06. The van der Waals surface area contributed by atoms with Crippen LogP contribution in [0, 0.1) is 0 Å². The fourth-order valence-corrected chi connectivity index (χ4v) is 1.74. The van der Waals surface area contributed by atoms with Crippen molar-refractivity contribution in [2.45, 2.75) is 39.2 Å². The van der Waals surface area contributed by atoms with Crippen LogP contribution in [0.1, 0.15) is 44.8 Å². The van der Waals surface area contributed by atoms with Crippen LogP contribution in [0.3, 0.4) is 0 Å². The number of unbranched alkanes of at least 4 members (excludes halogenated alkanes) is 1. The maximum absolute atomic E-state index is 11.7. The molecule has 0 fully saturated rings. The molecule has 1 aromatic rings. The molecular formula is C17H22O4. The molecule has 21 heavy (non-hydrogen) atoms. The molecule has 0 radical (unpaired) electrons. The molecule has 0 amide bonds. The molecule has 0 heterocycles. The zero-order chi connectivity index (χ0) is 15.5. The molecule has 0 aromatic heterocycles. The van der Waals surface area contributed by atoms with Crippen molar-refractivity contribution in [1.82, 2.24) is 0 Å². The average molecular weight is 290 g/mol. The standard InChI is InChI=1S/C17H22O4/c1-3-5-13-20-16(18)11-12-17(19)21-15(4-2)14-9-7-6-8-10-14/h6-12,15H,3-5,13H2,1-2H3/b12-11+. The number of rotatable bonds is 8. The summed E-state index contributed by atoms with van der Waals surface area (Å²) in [6.45, 7) is 4.32. The maximum atomic E-state index is 11.7. The van der Waals surface area contributed by atoms with Crippen molar-refractivity contribution >= 4 is 11.9 Å². The first-order valence-corrected chi connectivity index (χ1v) is 7.27. The van der Waals surface area contributed by atoms with Gasteiger partial charge >= 0.3 is 11.9 Å². The minimum atomic E-state index is -0.543. The van der Waals surface area contributed by atoms with Gasteiger partial charge < -0.3 is 9.47 Å². The second kappa shape index (κ2) is 9.75. The van der Waals surface area contributed by atoms with Crippen molar-refractivity contribution in [3.63, 3.8) is 0 Å². The van der Waals surface area contributed by atoms with Crippen molar-refractivity contribution in [3.05, 3.63) is 48.0 Å². The molecule has 0 aliphatic rings. The van der Waals surface area contributed by atoms with Crippen molar-refractivity contribution < 1.29 is 19.1 Å². The summed E-state index contributed by atoms with van der Waals surface area (Å²) in [6.07, 6.45) is 4.35. The Kier molecular flexibility index (Phi) is 7.87. The molecule has 0 saturated heterocycles. The monoisotopic (exact) mass is 290 g/mol. The van der Waals surface area contributed by atoms with E-state index >= 15 is 0 Å². The van der Waals surface area contributed by atoms with Gasteiger partial charge in [-0.15, -0.1) is 0 Å². The number of esters is 2. The van der Waals surface area contributed by atoms with Gasteiger partial charge in [0, 0.05) is 12.2 Å². The molecule has 1 rings (SSSR count). The van der Waals surface area contributed by atoms with Gasteiger partial charge in [-0.25, -0.2) is 9.59 Å². The van der Waals surface area contributed by atoms with Crippen LogP contribution in [0.15, 0.2) is 42.5 Å². The summed E-state index contributed by atoms with van der Waals surface area (Å²) in [7, 11) is 0. The van der Waals surface area contributed by atoms with Crippen LogP contribution in [0.2, 0.25) is 0 Å². The minimum absolute atomic E-state index is 0.306. The molecule has 0 bridgehead atoms. The summed E-state index contributed by atoms with van der Waals surface area (Å²) in [5, 5.41) is 0. The topological polar surface area (TPSA) is 52.6 Å². The van der Waals surface area contributed by atoms with Gasteiger partial charge in [-0.05, 0) is 18.4 Å². The van der Waals surface area contributed by atoms with Gasteiger partial charge in [0.25, 0.3) is 0 Å². The Bertz CT molecular complexity index is 465.